The fraction of sp³-hybridized carbons (Fsp3) is 0.600. The molecule has 1 saturated carbocycles. The molecular weight excluding hydrogens is 314 g/mol. The van der Waals surface area contributed by atoms with Crippen LogP contribution in [-0.4, -0.2) is 18.4 Å². The number of carbonyl (C=O) groups excluding carboxylic acids is 2. The van der Waals surface area contributed by atoms with Gasteiger partial charge in [0.15, 0.2) is 0 Å². The molecule has 1 aliphatic carbocycles. The second-order valence-electron chi connectivity index (χ2n) is 7.21. The summed E-state index contributed by atoms with van der Waals surface area (Å²) in [6, 6.07) is 7.61. The quantitative estimate of drug-likeness (QED) is 0.675. The summed E-state index contributed by atoms with van der Waals surface area (Å²) in [5.41, 5.74) is 7.76. The zero-order chi connectivity index (χ0) is 18.1. The van der Waals surface area contributed by atoms with Crippen molar-refractivity contribution < 1.29 is 9.59 Å². The van der Waals surface area contributed by atoms with Crippen LogP contribution < -0.4 is 16.4 Å². The normalized spacial score (nSPS) is 16.2. The second-order valence-corrected chi connectivity index (χ2v) is 7.21. The van der Waals surface area contributed by atoms with Gasteiger partial charge in [0.05, 0.1) is 0 Å². The molecule has 0 aromatic heterocycles. The van der Waals surface area contributed by atoms with Crippen molar-refractivity contribution in [3.8, 4) is 0 Å². The number of anilines is 1. The van der Waals surface area contributed by atoms with Crippen molar-refractivity contribution in [2.24, 2.45) is 11.1 Å². The highest BCUT2D eigenvalue weighted by Crippen LogP contribution is 2.38. The van der Waals surface area contributed by atoms with Gasteiger partial charge >= 0.3 is 0 Å². The molecule has 0 bridgehead atoms. The number of amides is 2. The van der Waals surface area contributed by atoms with Crippen LogP contribution in [0, 0.1) is 5.41 Å². The maximum atomic E-state index is 12.3. The van der Waals surface area contributed by atoms with Gasteiger partial charge in [-0.1, -0.05) is 38.3 Å². The van der Waals surface area contributed by atoms with E-state index in [1.165, 1.54) is 19.3 Å². The Hall–Kier alpha value is -1.88. The fourth-order valence-electron chi connectivity index (χ4n) is 3.52. The highest BCUT2D eigenvalue weighted by Gasteiger charge is 2.32. The van der Waals surface area contributed by atoms with Crippen molar-refractivity contribution in [2.45, 2.75) is 64.8 Å². The monoisotopic (exact) mass is 345 g/mol. The van der Waals surface area contributed by atoms with Gasteiger partial charge in [-0.25, -0.2) is 0 Å². The predicted octanol–water partition coefficient (Wildman–Crippen LogP) is 3.34. The largest absolute Gasteiger partial charge is 0.352 e. The molecule has 0 saturated heterocycles. The molecule has 0 radical (unpaired) electrons. The van der Waals surface area contributed by atoms with Gasteiger partial charge in [0.25, 0.3) is 0 Å². The summed E-state index contributed by atoms with van der Waals surface area (Å²) in [6.07, 6.45) is 7.61. The van der Waals surface area contributed by atoms with Crippen molar-refractivity contribution in [3.63, 3.8) is 0 Å². The maximum absolute atomic E-state index is 12.3. The minimum absolute atomic E-state index is 0.00422. The molecule has 5 nitrogen and oxygen atoms in total. The Bertz CT molecular complexity index is 563. The van der Waals surface area contributed by atoms with Gasteiger partial charge in [-0.3, -0.25) is 9.59 Å². The Kier molecular flexibility index (Phi) is 7.44. The number of nitrogens with one attached hydrogen (secondary N) is 2. The Morgan fingerprint density at radius 2 is 1.76 bits per heavy atom. The van der Waals surface area contributed by atoms with E-state index in [1.807, 2.05) is 31.2 Å². The third-order valence-electron chi connectivity index (χ3n) is 5.09. The summed E-state index contributed by atoms with van der Waals surface area (Å²) >= 11 is 0. The number of rotatable bonds is 8. The Balaban J connectivity index is 1.80. The molecule has 1 aromatic carbocycles. The smallest absolute Gasteiger partial charge is 0.224 e. The average Bonchev–Trinajstić information content (AvgIpc) is 2.62. The fourth-order valence-corrected chi connectivity index (χ4v) is 3.52. The standard InChI is InChI=1S/C20H31N3O2/c1-2-6-18(24)23-17-9-7-16(8-10-17)14-22-19(25)13-20(15-21)11-4-3-5-12-20/h7-10H,2-6,11-15,21H2,1H3,(H,22,25)(H,23,24). The summed E-state index contributed by atoms with van der Waals surface area (Å²) < 4.78 is 0. The Morgan fingerprint density at radius 3 is 2.36 bits per heavy atom. The first kappa shape index (κ1) is 19.4. The van der Waals surface area contributed by atoms with E-state index in [0.717, 1.165) is 30.5 Å². The number of benzene rings is 1. The van der Waals surface area contributed by atoms with Crippen molar-refractivity contribution in [2.75, 3.05) is 11.9 Å². The molecule has 138 valence electrons. The predicted molar refractivity (Wildman–Crippen MR) is 101 cm³/mol. The third-order valence-corrected chi connectivity index (χ3v) is 5.09. The number of hydrogen-bond acceptors (Lipinski definition) is 3. The van der Waals surface area contributed by atoms with Gasteiger partial charge in [0, 0.05) is 25.1 Å². The SMILES string of the molecule is CCCC(=O)Nc1ccc(CNC(=O)CC2(CN)CCCCC2)cc1. The van der Waals surface area contributed by atoms with Crippen molar-refractivity contribution in [3.05, 3.63) is 29.8 Å². The molecule has 4 N–H and O–H groups in total. The van der Waals surface area contributed by atoms with Gasteiger partial charge in [0.2, 0.25) is 11.8 Å². The van der Waals surface area contributed by atoms with Gasteiger partial charge in [-0.15, -0.1) is 0 Å². The lowest BCUT2D eigenvalue weighted by molar-refractivity contribution is -0.124. The molecular formula is C20H31N3O2. The molecule has 1 aromatic rings. The van der Waals surface area contributed by atoms with E-state index in [4.69, 9.17) is 5.73 Å². The van der Waals surface area contributed by atoms with E-state index in [-0.39, 0.29) is 17.2 Å². The highest BCUT2D eigenvalue weighted by molar-refractivity contribution is 5.90. The van der Waals surface area contributed by atoms with Gasteiger partial charge < -0.3 is 16.4 Å². The van der Waals surface area contributed by atoms with Crippen LogP contribution in [0.15, 0.2) is 24.3 Å². The lowest BCUT2D eigenvalue weighted by Gasteiger charge is -2.35. The Morgan fingerprint density at radius 1 is 1.08 bits per heavy atom. The zero-order valence-electron chi connectivity index (χ0n) is 15.3. The molecule has 0 aliphatic heterocycles. The van der Waals surface area contributed by atoms with Crippen LogP contribution in [0.1, 0.15) is 63.9 Å². The summed E-state index contributed by atoms with van der Waals surface area (Å²) in [5, 5.41) is 5.87. The summed E-state index contributed by atoms with van der Waals surface area (Å²) in [5.74, 6) is 0.107. The number of nitrogens with two attached hydrogens (primary N) is 1. The number of hydrogen-bond donors (Lipinski definition) is 3. The Labute approximate surface area is 150 Å². The van der Waals surface area contributed by atoms with E-state index in [9.17, 15) is 9.59 Å². The van der Waals surface area contributed by atoms with Crippen LogP contribution in [0.4, 0.5) is 5.69 Å². The molecule has 1 fully saturated rings. The van der Waals surface area contributed by atoms with Crippen molar-refractivity contribution >= 4 is 17.5 Å². The zero-order valence-corrected chi connectivity index (χ0v) is 15.3. The molecule has 2 amide bonds. The van der Waals surface area contributed by atoms with Gasteiger partial charge in [-0.05, 0) is 48.9 Å². The summed E-state index contributed by atoms with van der Waals surface area (Å²) in [6.45, 7) is 3.07. The molecule has 1 aliphatic rings. The van der Waals surface area contributed by atoms with E-state index >= 15 is 0 Å². The van der Waals surface area contributed by atoms with Crippen LogP contribution in [0.3, 0.4) is 0 Å². The van der Waals surface area contributed by atoms with Gasteiger partial charge in [-0.2, -0.15) is 0 Å². The first-order valence-electron chi connectivity index (χ1n) is 9.42. The lowest BCUT2D eigenvalue weighted by atomic mass is 9.71. The molecule has 0 heterocycles. The van der Waals surface area contributed by atoms with E-state index in [2.05, 4.69) is 10.6 Å². The topological polar surface area (TPSA) is 84.2 Å². The summed E-state index contributed by atoms with van der Waals surface area (Å²) in [4.78, 5) is 23.9. The minimum atomic E-state index is -0.00422. The second kappa shape index (κ2) is 9.56. The van der Waals surface area contributed by atoms with Crippen LogP contribution >= 0.6 is 0 Å². The molecule has 2 rings (SSSR count). The van der Waals surface area contributed by atoms with E-state index < -0.39 is 0 Å². The average molecular weight is 345 g/mol. The van der Waals surface area contributed by atoms with Crippen molar-refractivity contribution in [1.82, 2.24) is 5.32 Å². The molecule has 25 heavy (non-hydrogen) atoms. The summed E-state index contributed by atoms with van der Waals surface area (Å²) in [7, 11) is 0. The third kappa shape index (κ3) is 6.16. The first-order valence-corrected chi connectivity index (χ1v) is 9.42. The number of carbonyl (C=O) groups is 2. The lowest BCUT2D eigenvalue weighted by Crippen LogP contribution is -2.38. The molecule has 0 unspecified atom stereocenters. The molecule has 0 atom stereocenters. The van der Waals surface area contributed by atoms with E-state index in [1.54, 1.807) is 0 Å². The first-order chi connectivity index (χ1) is 12.1. The molecule has 0 spiro atoms. The van der Waals surface area contributed by atoms with Crippen LogP contribution in [-0.2, 0) is 16.1 Å². The maximum Gasteiger partial charge on any atom is 0.224 e. The van der Waals surface area contributed by atoms with Crippen molar-refractivity contribution in [1.29, 1.82) is 0 Å². The van der Waals surface area contributed by atoms with Crippen LogP contribution in [0.25, 0.3) is 0 Å². The van der Waals surface area contributed by atoms with Gasteiger partial charge in [0.1, 0.15) is 0 Å². The van der Waals surface area contributed by atoms with Crippen LogP contribution in [0.5, 0.6) is 0 Å². The minimum Gasteiger partial charge on any atom is -0.352 e. The molecule has 5 heteroatoms. The van der Waals surface area contributed by atoms with E-state index in [0.29, 0.717) is 25.9 Å². The highest BCUT2D eigenvalue weighted by atomic mass is 16.2. The van der Waals surface area contributed by atoms with Crippen LogP contribution in [0.2, 0.25) is 0 Å².